The van der Waals surface area contributed by atoms with Crippen LogP contribution in [0, 0.1) is 5.92 Å². The molecule has 0 aliphatic heterocycles. The molecule has 0 aliphatic rings. The number of aryl methyl sites for hydroxylation is 1. The van der Waals surface area contributed by atoms with E-state index in [9.17, 15) is 4.79 Å². The molecule has 1 unspecified atom stereocenters. The predicted molar refractivity (Wildman–Crippen MR) is 59.3 cm³/mol. The van der Waals surface area contributed by atoms with Gasteiger partial charge in [-0.05, 0) is 5.92 Å². The van der Waals surface area contributed by atoms with Gasteiger partial charge in [0, 0.05) is 19.3 Å². The molecule has 0 aromatic carbocycles. The predicted octanol–water partition coefficient (Wildman–Crippen LogP) is 0.732. The Morgan fingerprint density at radius 2 is 2.40 bits per heavy atom. The van der Waals surface area contributed by atoms with Crippen molar-refractivity contribution in [1.29, 1.82) is 0 Å². The van der Waals surface area contributed by atoms with E-state index in [2.05, 4.69) is 10.4 Å². The van der Waals surface area contributed by atoms with Crippen LogP contribution in [-0.2, 0) is 11.8 Å². The molecule has 0 saturated carbocycles. The molecule has 0 spiro atoms. The third-order valence-electron chi connectivity index (χ3n) is 2.52. The number of nitrogens with two attached hydrogens (primary N) is 1. The van der Waals surface area contributed by atoms with E-state index in [0.29, 0.717) is 5.82 Å². The number of carbonyl (C=O) groups excluding carboxylic acids is 1. The van der Waals surface area contributed by atoms with Crippen LogP contribution in [0.25, 0.3) is 0 Å². The van der Waals surface area contributed by atoms with Crippen molar-refractivity contribution in [2.75, 3.05) is 5.32 Å². The number of nitrogens with one attached hydrogen (secondary N) is 1. The van der Waals surface area contributed by atoms with Crippen LogP contribution >= 0.6 is 0 Å². The molecule has 1 heterocycles. The van der Waals surface area contributed by atoms with E-state index in [1.807, 2.05) is 13.8 Å². The third-order valence-corrected chi connectivity index (χ3v) is 2.52. The lowest BCUT2D eigenvalue weighted by Gasteiger charge is -2.16. The van der Waals surface area contributed by atoms with Gasteiger partial charge in [-0.2, -0.15) is 5.10 Å². The fourth-order valence-electron chi connectivity index (χ4n) is 1.20. The minimum Gasteiger partial charge on any atom is -0.320 e. The summed E-state index contributed by atoms with van der Waals surface area (Å²) in [6.07, 6.45) is 2.65. The van der Waals surface area contributed by atoms with Gasteiger partial charge in [-0.3, -0.25) is 9.48 Å². The molecule has 1 rings (SSSR count). The number of hydrogen-bond donors (Lipinski definition) is 2. The lowest BCUT2D eigenvalue weighted by atomic mass is 9.99. The van der Waals surface area contributed by atoms with Gasteiger partial charge in [-0.25, -0.2) is 0 Å². The standard InChI is InChI=1S/C10H18N4O/c1-4-7(2)9(11)10(15)12-8-5-6-14(3)13-8/h5-7,9H,4,11H2,1-3H3,(H,12,13,15)/t7?,9-/m0/s1. The first-order valence-corrected chi connectivity index (χ1v) is 5.10. The van der Waals surface area contributed by atoms with Crippen molar-refractivity contribution >= 4 is 11.7 Å². The van der Waals surface area contributed by atoms with Gasteiger partial charge in [0.2, 0.25) is 5.91 Å². The highest BCUT2D eigenvalue weighted by Gasteiger charge is 2.19. The third kappa shape index (κ3) is 3.06. The summed E-state index contributed by atoms with van der Waals surface area (Å²) in [5.41, 5.74) is 5.78. The van der Waals surface area contributed by atoms with E-state index < -0.39 is 6.04 Å². The van der Waals surface area contributed by atoms with Crippen LogP contribution in [-0.4, -0.2) is 21.7 Å². The molecule has 0 bridgehead atoms. The van der Waals surface area contributed by atoms with Gasteiger partial charge < -0.3 is 11.1 Å². The molecule has 2 atom stereocenters. The second-order valence-corrected chi connectivity index (χ2v) is 3.78. The molecule has 1 aromatic rings. The Morgan fingerprint density at radius 3 is 2.87 bits per heavy atom. The van der Waals surface area contributed by atoms with E-state index >= 15 is 0 Å². The Morgan fingerprint density at radius 1 is 1.73 bits per heavy atom. The summed E-state index contributed by atoms with van der Waals surface area (Å²) in [5.74, 6) is 0.540. The number of amides is 1. The molecule has 1 amide bonds. The molecule has 5 heteroatoms. The maximum Gasteiger partial charge on any atom is 0.242 e. The smallest absolute Gasteiger partial charge is 0.242 e. The number of rotatable bonds is 4. The van der Waals surface area contributed by atoms with Crippen LogP contribution in [0.1, 0.15) is 20.3 Å². The summed E-state index contributed by atoms with van der Waals surface area (Å²) in [6.45, 7) is 3.97. The average Bonchev–Trinajstić information content (AvgIpc) is 2.61. The van der Waals surface area contributed by atoms with Crippen LogP contribution < -0.4 is 11.1 Å². The van der Waals surface area contributed by atoms with E-state index in [-0.39, 0.29) is 11.8 Å². The minimum atomic E-state index is -0.475. The second-order valence-electron chi connectivity index (χ2n) is 3.78. The maximum atomic E-state index is 11.6. The number of carbonyl (C=O) groups is 1. The van der Waals surface area contributed by atoms with Crippen LogP contribution in [0.15, 0.2) is 12.3 Å². The Kier molecular flexibility index (Phi) is 3.85. The zero-order valence-electron chi connectivity index (χ0n) is 9.40. The summed E-state index contributed by atoms with van der Waals surface area (Å²) in [6, 6.07) is 1.26. The topological polar surface area (TPSA) is 72.9 Å². The summed E-state index contributed by atoms with van der Waals surface area (Å²) >= 11 is 0. The van der Waals surface area contributed by atoms with Gasteiger partial charge in [0.05, 0.1) is 6.04 Å². The van der Waals surface area contributed by atoms with E-state index in [0.717, 1.165) is 6.42 Å². The Balaban J connectivity index is 2.55. The molecule has 0 fully saturated rings. The molecule has 1 aromatic heterocycles. The normalized spacial score (nSPS) is 14.7. The zero-order valence-corrected chi connectivity index (χ0v) is 9.40. The first kappa shape index (κ1) is 11.7. The Labute approximate surface area is 89.6 Å². The van der Waals surface area contributed by atoms with E-state index in [4.69, 9.17) is 5.73 Å². The lowest BCUT2D eigenvalue weighted by Crippen LogP contribution is -2.40. The van der Waals surface area contributed by atoms with Crippen LogP contribution in [0.2, 0.25) is 0 Å². The highest BCUT2D eigenvalue weighted by atomic mass is 16.2. The molecule has 84 valence electrons. The van der Waals surface area contributed by atoms with Crippen molar-refractivity contribution in [3.05, 3.63) is 12.3 Å². The molecule has 15 heavy (non-hydrogen) atoms. The second kappa shape index (κ2) is 4.93. The fraction of sp³-hybridized carbons (Fsp3) is 0.600. The monoisotopic (exact) mass is 210 g/mol. The van der Waals surface area contributed by atoms with Gasteiger partial charge >= 0.3 is 0 Å². The maximum absolute atomic E-state index is 11.6. The highest BCUT2D eigenvalue weighted by Crippen LogP contribution is 2.08. The first-order chi connectivity index (χ1) is 7.04. The van der Waals surface area contributed by atoms with Crippen molar-refractivity contribution in [2.45, 2.75) is 26.3 Å². The quantitative estimate of drug-likeness (QED) is 0.769. The molecule has 5 nitrogen and oxygen atoms in total. The summed E-state index contributed by atoms with van der Waals surface area (Å²) in [4.78, 5) is 11.6. The molecule has 0 aliphatic carbocycles. The number of aromatic nitrogens is 2. The van der Waals surface area contributed by atoms with Gasteiger partial charge in [0.1, 0.15) is 0 Å². The largest absolute Gasteiger partial charge is 0.320 e. The fourth-order valence-corrected chi connectivity index (χ4v) is 1.20. The van der Waals surface area contributed by atoms with Gasteiger partial charge in [0.25, 0.3) is 0 Å². The number of nitrogens with zero attached hydrogens (tertiary/aromatic N) is 2. The summed E-state index contributed by atoms with van der Waals surface area (Å²) in [7, 11) is 1.80. The highest BCUT2D eigenvalue weighted by molar-refractivity contribution is 5.93. The van der Waals surface area contributed by atoms with Crippen LogP contribution in [0.3, 0.4) is 0 Å². The van der Waals surface area contributed by atoms with Gasteiger partial charge in [-0.1, -0.05) is 20.3 Å². The molecule has 0 saturated heterocycles. The molecule has 3 N–H and O–H groups in total. The molecular formula is C10H18N4O. The Hall–Kier alpha value is -1.36. The molecule has 0 radical (unpaired) electrons. The van der Waals surface area contributed by atoms with Gasteiger partial charge in [0.15, 0.2) is 5.82 Å². The first-order valence-electron chi connectivity index (χ1n) is 5.10. The van der Waals surface area contributed by atoms with Crippen LogP contribution in [0.5, 0.6) is 0 Å². The van der Waals surface area contributed by atoms with E-state index in [1.165, 1.54) is 0 Å². The summed E-state index contributed by atoms with van der Waals surface area (Å²) in [5, 5.41) is 6.73. The summed E-state index contributed by atoms with van der Waals surface area (Å²) < 4.78 is 1.63. The number of anilines is 1. The van der Waals surface area contributed by atoms with Gasteiger partial charge in [-0.15, -0.1) is 0 Å². The van der Waals surface area contributed by atoms with Crippen molar-refractivity contribution in [1.82, 2.24) is 9.78 Å². The van der Waals surface area contributed by atoms with Crippen molar-refractivity contribution < 1.29 is 4.79 Å². The van der Waals surface area contributed by atoms with Crippen LogP contribution in [0.4, 0.5) is 5.82 Å². The van der Waals surface area contributed by atoms with Crippen molar-refractivity contribution in [3.63, 3.8) is 0 Å². The van der Waals surface area contributed by atoms with E-state index in [1.54, 1.807) is 24.0 Å². The van der Waals surface area contributed by atoms with Crippen molar-refractivity contribution in [3.8, 4) is 0 Å². The molecular weight excluding hydrogens is 192 g/mol. The SMILES string of the molecule is CCC(C)[C@H](N)C(=O)Nc1ccn(C)n1. The minimum absolute atomic E-state index is 0.175. The van der Waals surface area contributed by atoms with Crippen molar-refractivity contribution in [2.24, 2.45) is 18.7 Å². The Bertz CT molecular complexity index is 334. The zero-order chi connectivity index (χ0) is 11.4. The lowest BCUT2D eigenvalue weighted by molar-refractivity contribution is -0.118. The number of hydrogen-bond acceptors (Lipinski definition) is 3. The average molecular weight is 210 g/mol.